The lowest BCUT2D eigenvalue weighted by atomic mass is 10.2. The lowest BCUT2D eigenvalue weighted by Crippen LogP contribution is -2.22. The summed E-state index contributed by atoms with van der Waals surface area (Å²) in [7, 11) is 0. The fourth-order valence-corrected chi connectivity index (χ4v) is 3.05. The lowest BCUT2D eigenvalue weighted by Gasteiger charge is -2.16. The molecule has 1 aliphatic rings. The van der Waals surface area contributed by atoms with Gasteiger partial charge in [0.15, 0.2) is 5.58 Å². The van der Waals surface area contributed by atoms with Crippen LogP contribution in [-0.4, -0.2) is 29.0 Å². The Kier molecular flexibility index (Phi) is 4.64. The summed E-state index contributed by atoms with van der Waals surface area (Å²) in [5.41, 5.74) is 2.52. The van der Waals surface area contributed by atoms with Crippen LogP contribution in [0.25, 0.3) is 17.2 Å². The maximum atomic E-state index is 12.1. The quantitative estimate of drug-likeness (QED) is 0.717. The van der Waals surface area contributed by atoms with E-state index in [0.717, 1.165) is 30.0 Å². The highest BCUT2D eigenvalue weighted by Crippen LogP contribution is 2.18. The van der Waals surface area contributed by atoms with Gasteiger partial charge in [-0.05, 0) is 42.7 Å². The molecule has 2 aromatic heterocycles. The number of para-hydroxylation sites is 2. The number of carbonyl (C=O) groups excluding carboxylic acids is 1. The van der Waals surface area contributed by atoms with Crippen molar-refractivity contribution in [2.75, 3.05) is 18.0 Å². The maximum Gasteiger partial charge on any atom is 0.244 e. The Labute approximate surface area is 151 Å². The Morgan fingerprint density at radius 3 is 2.92 bits per heavy atom. The third-order valence-electron chi connectivity index (χ3n) is 4.39. The largest absolute Gasteiger partial charge is 0.437 e. The molecule has 1 aromatic carbocycles. The Balaban J connectivity index is 1.35. The minimum Gasteiger partial charge on any atom is -0.437 e. The molecule has 6 nitrogen and oxygen atoms in total. The van der Waals surface area contributed by atoms with Gasteiger partial charge >= 0.3 is 0 Å². The summed E-state index contributed by atoms with van der Waals surface area (Å²) in [6.45, 7) is 2.56. The van der Waals surface area contributed by atoms with Crippen LogP contribution in [0.2, 0.25) is 0 Å². The normalized spacial score (nSPS) is 14.4. The Morgan fingerprint density at radius 1 is 1.23 bits per heavy atom. The molecule has 1 aliphatic heterocycles. The van der Waals surface area contributed by atoms with Gasteiger partial charge in [-0.25, -0.2) is 9.97 Å². The number of nitrogens with zero attached hydrogens (tertiary/aromatic N) is 3. The monoisotopic (exact) mass is 348 g/mol. The van der Waals surface area contributed by atoms with Gasteiger partial charge in [-0.1, -0.05) is 12.1 Å². The van der Waals surface area contributed by atoms with Crippen LogP contribution >= 0.6 is 0 Å². The molecule has 0 aliphatic carbocycles. The molecule has 4 rings (SSSR count). The molecule has 1 amide bonds. The van der Waals surface area contributed by atoms with Crippen molar-refractivity contribution >= 4 is 28.9 Å². The molecule has 0 spiro atoms. The standard InChI is InChI=1S/C20H20N4O2/c25-19(7-8-20-23-16-5-1-2-6-17(16)26-20)22-14-15-9-10-21-18(13-15)24-11-3-4-12-24/h1-2,5-10,13H,3-4,11-12,14H2,(H,22,25)/b8-7+. The minimum absolute atomic E-state index is 0.188. The second kappa shape index (κ2) is 7.39. The fourth-order valence-electron chi connectivity index (χ4n) is 3.05. The van der Waals surface area contributed by atoms with Crippen molar-refractivity contribution in [2.45, 2.75) is 19.4 Å². The van der Waals surface area contributed by atoms with Crippen molar-refractivity contribution < 1.29 is 9.21 Å². The fraction of sp³-hybridized carbons (Fsp3) is 0.250. The average Bonchev–Trinajstić information content (AvgIpc) is 3.34. The predicted molar refractivity (Wildman–Crippen MR) is 101 cm³/mol. The van der Waals surface area contributed by atoms with Crippen LogP contribution in [0.15, 0.2) is 53.1 Å². The van der Waals surface area contributed by atoms with Crippen LogP contribution < -0.4 is 10.2 Å². The van der Waals surface area contributed by atoms with Crippen molar-refractivity contribution in [1.29, 1.82) is 0 Å². The number of hydrogen-bond acceptors (Lipinski definition) is 5. The first-order valence-corrected chi connectivity index (χ1v) is 8.79. The molecule has 132 valence electrons. The van der Waals surface area contributed by atoms with Crippen LogP contribution in [0, 0.1) is 0 Å². The molecule has 0 radical (unpaired) electrons. The molecule has 0 saturated carbocycles. The van der Waals surface area contributed by atoms with Crippen molar-refractivity contribution in [3.8, 4) is 0 Å². The molecule has 1 N–H and O–H groups in total. The highest BCUT2D eigenvalue weighted by atomic mass is 16.3. The number of oxazole rings is 1. The van der Waals surface area contributed by atoms with Gasteiger partial charge in [-0.15, -0.1) is 0 Å². The lowest BCUT2D eigenvalue weighted by molar-refractivity contribution is -0.116. The van der Waals surface area contributed by atoms with Crippen LogP contribution in [-0.2, 0) is 11.3 Å². The van der Waals surface area contributed by atoms with E-state index in [-0.39, 0.29) is 5.91 Å². The number of anilines is 1. The van der Waals surface area contributed by atoms with E-state index in [2.05, 4.69) is 20.2 Å². The van der Waals surface area contributed by atoms with Crippen LogP contribution in [0.4, 0.5) is 5.82 Å². The molecule has 1 fully saturated rings. The summed E-state index contributed by atoms with van der Waals surface area (Å²) in [5, 5.41) is 2.88. The highest BCUT2D eigenvalue weighted by Gasteiger charge is 2.13. The first-order chi connectivity index (χ1) is 12.8. The zero-order chi connectivity index (χ0) is 17.8. The summed E-state index contributed by atoms with van der Waals surface area (Å²) in [4.78, 5) is 23.1. The van der Waals surface area contributed by atoms with Crippen molar-refractivity contribution in [2.24, 2.45) is 0 Å². The van der Waals surface area contributed by atoms with Crippen LogP contribution in [0.5, 0.6) is 0 Å². The first-order valence-electron chi connectivity index (χ1n) is 8.79. The number of carbonyl (C=O) groups is 1. The van der Waals surface area contributed by atoms with E-state index in [1.165, 1.54) is 18.9 Å². The van der Waals surface area contributed by atoms with E-state index in [1.54, 1.807) is 12.3 Å². The van der Waals surface area contributed by atoms with Gasteiger partial charge in [0, 0.05) is 38.0 Å². The van der Waals surface area contributed by atoms with Gasteiger partial charge < -0.3 is 14.6 Å². The second-order valence-corrected chi connectivity index (χ2v) is 6.29. The molecule has 26 heavy (non-hydrogen) atoms. The highest BCUT2D eigenvalue weighted by molar-refractivity contribution is 5.91. The number of nitrogens with one attached hydrogen (secondary N) is 1. The molecule has 3 heterocycles. The number of rotatable bonds is 5. The molecule has 0 bridgehead atoms. The third kappa shape index (κ3) is 3.74. The summed E-state index contributed by atoms with van der Waals surface area (Å²) in [6.07, 6.45) is 7.24. The van der Waals surface area contributed by atoms with E-state index < -0.39 is 0 Å². The number of pyridine rings is 1. The molecule has 0 unspecified atom stereocenters. The van der Waals surface area contributed by atoms with Gasteiger partial charge in [-0.3, -0.25) is 4.79 Å². The van der Waals surface area contributed by atoms with Gasteiger partial charge in [0.05, 0.1) is 0 Å². The molecule has 3 aromatic rings. The van der Waals surface area contributed by atoms with Gasteiger partial charge in [-0.2, -0.15) is 0 Å². The summed E-state index contributed by atoms with van der Waals surface area (Å²) in [6, 6.07) is 11.5. The molecular weight excluding hydrogens is 328 g/mol. The smallest absolute Gasteiger partial charge is 0.244 e. The SMILES string of the molecule is O=C(/C=C/c1nc2ccccc2o1)NCc1ccnc(N2CCCC2)c1. The van der Waals surface area contributed by atoms with Crippen molar-refractivity contribution in [1.82, 2.24) is 15.3 Å². The Hall–Kier alpha value is -3.15. The van der Waals surface area contributed by atoms with Gasteiger partial charge in [0.2, 0.25) is 11.8 Å². The third-order valence-corrected chi connectivity index (χ3v) is 4.39. The topological polar surface area (TPSA) is 71.3 Å². The van der Waals surface area contributed by atoms with E-state index in [1.807, 2.05) is 36.4 Å². The number of aromatic nitrogens is 2. The molecule has 0 atom stereocenters. The van der Waals surface area contributed by atoms with E-state index in [0.29, 0.717) is 18.0 Å². The predicted octanol–water partition coefficient (Wildman–Crippen LogP) is 3.15. The van der Waals surface area contributed by atoms with Gasteiger partial charge in [0.1, 0.15) is 11.3 Å². The van der Waals surface area contributed by atoms with Crippen LogP contribution in [0.3, 0.4) is 0 Å². The van der Waals surface area contributed by atoms with E-state index >= 15 is 0 Å². The average molecular weight is 348 g/mol. The summed E-state index contributed by atoms with van der Waals surface area (Å²) < 4.78 is 5.56. The van der Waals surface area contributed by atoms with E-state index in [9.17, 15) is 4.79 Å². The summed E-state index contributed by atoms with van der Waals surface area (Å²) >= 11 is 0. The maximum absolute atomic E-state index is 12.1. The molecule has 6 heteroatoms. The van der Waals surface area contributed by atoms with Crippen LogP contribution in [0.1, 0.15) is 24.3 Å². The number of benzene rings is 1. The minimum atomic E-state index is -0.188. The molecular formula is C20H20N4O2. The zero-order valence-corrected chi connectivity index (χ0v) is 14.4. The number of amides is 1. The summed E-state index contributed by atoms with van der Waals surface area (Å²) in [5.74, 6) is 1.21. The second-order valence-electron chi connectivity index (χ2n) is 6.29. The first kappa shape index (κ1) is 16.3. The molecule has 1 saturated heterocycles. The Bertz CT molecular complexity index is 909. The number of hydrogen-bond donors (Lipinski definition) is 1. The number of fused-ring (bicyclic) bond motifs is 1. The Morgan fingerprint density at radius 2 is 2.08 bits per heavy atom. The van der Waals surface area contributed by atoms with Crippen molar-refractivity contribution in [3.63, 3.8) is 0 Å². The van der Waals surface area contributed by atoms with E-state index in [4.69, 9.17) is 4.42 Å². The van der Waals surface area contributed by atoms with Crippen molar-refractivity contribution in [3.05, 3.63) is 60.1 Å². The zero-order valence-electron chi connectivity index (χ0n) is 14.4. The van der Waals surface area contributed by atoms with Gasteiger partial charge in [0.25, 0.3) is 0 Å².